The maximum atomic E-state index is 13.2. The molecule has 0 aliphatic carbocycles. The van der Waals surface area contributed by atoms with Gasteiger partial charge in [0.25, 0.3) is 5.91 Å². The zero-order chi connectivity index (χ0) is 24.0. The number of amides is 1. The Hall–Kier alpha value is -3.41. The fourth-order valence-corrected chi connectivity index (χ4v) is 3.09. The van der Waals surface area contributed by atoms with E-state index in [1.807, 2.05) is 0 Å². The molecule has 1 aliphatic rings. The number of carbonyl (C=O) groups is 2. The van der Waals surface area contributed by atoms with Gasteiger partial charge in [0.15, 0.2) is 6.61 Å². The minimum absolute atomic E-state index is 0.0971. The summed E-state index contributed by atoms with van der Waals surface area (Å²) in [6.07, 6.45) is -4.62. The van der Waals surface area contributed by atoms with Gasteiger partial charge in [-0.15, -0.1) is 0 Å². The molecule has 1 saturated heterocycles. The first-order valence-corrected chi connectivity index (χ1v) is 9.69. The van der Waals surface area contributed by atoms with Crippen molar-refractivity contribution in [2.75, 3.05) is 43.1 Å². The van der Waals surface area contributed by atoms with Crippen molar-refractivity contribution in [3.8, 4) is 5.75 Å². The molecule has 0 unspecified atom stereocenters. The summed E-state index contributed by atoms with van der Waals surface area (Å²) in [5.41, 5.74) is -0.834. The van der Waals surface area contributed by atoms with Gasteiger partial charge in [0.2, 0.25) is 0 Å². The van der Waals surface area contributed by atoms with Gasteiger partial charge in [-0.2, -0.15) is 22.0 Å². The van der Waals surface area contributed by atoms with Crippen LogP contribution in [0.5, 0.6) is 5.75 Å². The highest BCUT2D eigenvalue weighted by Gasteiger charge is 2.32. The van der Waals surface area contributed by atoms with Crippen LogP contribution in [-0.4, -0.2) is 51.4 Å². The molecule has 0 radical (unpaired) electrons. The van der Waals surface area contributed by atoms with E-state index in [1.165, 1.54) is 24.3 Å². The van der Waals surface area contributed by atoms with Crippen LogP contribution in [0.3, 0.4) is 0 Å². The van der Waals surface area contributed by atoms with Crippen LogP contribution in [-0.2, 0) is 20.4 Å². The molecule has 0 saturated carbocycles. The van der Waals surface area contributed by atoms with E-state index in [4.69, 9.17) is 9.47 Å². The highest BCUT2D eigenvalue weighted by atomic mass is 19.4. The monoisotopic (exact) mass is 474 g/mol. The molecule has 12 heteroatoms. The van der Waals surface area contributed by atoms with Crippen molar-refractivity contribution in [2.45, 2.75) is 12.8 Å². The molecule has 0 spiro atoms. The molecule has 1 amide bonds. The SMILES string of the molecule is O=C(COC(=O)c1cccc(OC(F)F)c1)Nc1cc(C(F)(F)F)ccc1N1CCOCC1. The van der Waals surface area contributed by atoms with Crippen LogP contribution >= 0.6 is 0 Å². The summed E-state index contributed by atoms with van der Waals surface area (Å²) in [7, 11) is 0. The summed E-state index contributed by atoms with van der Waals surface area (Å²) >= 11 is 0. The van der Waals surface area contributed by atoms with E-state index in [1.54, 1.807) is 4.90 Å². The van der Waals surface area contributed by atoms with Crippen LogP contribution in [0.2, 0.25) is 0 Å². The van der Waals surface area contributed by atoms with Crippen LogP contribution < -0.4 is 15.0 Å². The minimum atomic E-state index is -4.62. The number of alkyl halides is 5. The van der Waals surface area contributed by atoms with Crippen molar-refractivity contribution in [2.24, 2.45) is 0 Å². The van der Waals surface area contributed by atoms with Gasteiger partial charge in [-0.3, -0.25) is 4.79 Å². The summed E-state index contributed by atoms with van der Waals surface area (Å²) < 4.78 is 78.4. The van der Waals surface area contributed by atoms with Crippen molar-refractivity contribution in [3.63, 3.8) is 0 Å². The number of nitrogens with zero attached hydrogens (tertiary/aromatic N) is 1. The van der Waals surface area contributed by atoms with E-state index in [0.717, 1.165) is 18.2 Å². The van der Waals surface area contributed by atoms with Gasteiger partial charge in [-0.25, -0.2) is 4.79 Å². The molecule has 0 aromatic heterocycles. The molecule has 0 bridgehead atoms. The maximum absolute atomic E-state index is 13.2. The Labute approximate surface area is 185 Å². The maximum Gasteiger partial charge on any atom is 0.416 e. The van der Waals surface area contributed by atoms with E-state index >= 15 is 0 Å². The number of morpholine rings is 1. The summed E-state index contributed by atoms with van der Waals surface area (Å²) in [6.45, 7) is -2.31. The second kappa shape index (κ2) is 10.5. The molecule has 2 aromatic rings. The third kappa shape index (κ3) is 6.78. The topological polar surface area (TPSA) is 77.1 Å². The highest BCUT2D eigenvalue weighted by Crippen LogP contribution is 2.35. The average Bonchev–Trinajstić information content (AvgIpc) is 2.77. The third-order valence-corrected chi connectivity index (χ3v) is 4.58. The zero-order valence-electron chi connectivity index (χ0n) is 17.0. The van der Waals surface area contributed by atoms with Crippen LogP contribution in [0.15, 0.2) is 42.5 Å². The summed E-state index contributed by atoms with van der Waals surface area (Å²) in [6, 6.07) is 7.73. The fraction of sp³-hybridized carbons (Fsp3) is 0.333. The standard InChI is InChI=1S/C21H19F5N2O5/c22-20(23)33-15-3-1-2-13(10-15)19(30)32-12-18(29)27-16-11-14(21(24,25)26)4-5-17(16)28-6-8-31-9-7-28/h1-5,10-11,20H,6-9,12H2,(H,27,29). The molecule has 1 heterocycles. The molecule has 3 rings (SSSR count). The molecule has 1 aliphatic heterocycles. The Kier molecular flexibility index (Phi) is 7.69. The average molecular weight is 474 g/mol. The number of benzene rings is 2. The fourth-order valence-electron chi connectivity index (χ4n) is 3.09. The number of esters is 1. The number of hydrogen-bond donors (Lipinski definition) is 1. The van der Waals surface area contributed by atoms with Crippen LogP contribution in [0.1, 0.15) is 15.9 Å². The molecule has 0 atom stereocenters. The number of carbonyl (C=O) groups excluding carboxylic acids is 2. The van der Waals surface area contributed by atoms with Gasteiger partial charge in [-0.05, 0) is 36.4 Å². The molecule has 33 heavy (non-hydrogen) atoms. The zero-order valence-corrected chi connectivity index (χ0v) is 17.0. The second-order valence-electron chi connectivity index (χ2n) is 6.86. The van der Waals surface area contributed by atoms with Gasteiger partial charge in [-0.1, -0.05) is 6.07 Å². The number of nitrogens with one attached hydrogen (secondary N) is 1. The van der Waals surface area contributed by atoms with Crippen LogP contribution in [0, 0.1) is 0 Å². The van der Waals surface area contributed by atoms with Gasteiger partial charge in [0.05, 0.1) is 35.7 Å². The summed E-state index contributed by atoms with van der Waals surface area (Å²) in [5, 5.41) is 2.34. The van der Waals surface area contributed by atoms with E-state index in [9.17, 15) is 31.5 Å². The molecule has 7 nitrogen and oxygen atoms in total. The van der Waals surface area contributed by atoms with Crippen molar-refractivity contribution >= 4 is 23.3 Å². The molecule has 1 N–H and O–H groups in total. The van der Waals surface area contributed by atoms with Crippen molar-refractivity contribution in [1.29, 1.82) is 0 Å². The molecular formula is C21H19F5N2O5. The van der Waals surface area contributed by atoms with Crippen molar-refractivity contribution < 1.29 is 45.8 Å². The number of anilines is 2. The Morgan fingerprint density at radius 2 is 1.82 bits per heavy atom. The third-order valence-electron chi connectivity index (χ3n) is 4.58. The number of hydrogen-bond acceptors (Lipinski definition) is 6. The lowest BCUT2D eigenvalue weighted by Gasteiger charge is -2.31. The minimum Gasteiger partial charge on any atom is -0.452 e. The number of rotatable bonds is 7. The largest absolute Gasteiger partial charge is 0.452 e. The number of halogens is 5. The number of ether oxygens (including phenoxy) is 3. The molecule has 1 fully saturated rings. The van der Waals surface area contributed by atoms with E-state index in [-0.39, 0.29) is 17.0 Å². The predicted octanol–water partition coefficient (Wildman–Crippen LogP) is 3.94. The first-order chi connectivity index (χ1) is 15.6. The smallest absolute Gasteiger partial charge is 0.416 e. The predicted molar refractivity (Wildman–Crippen MR) is 106 cm³/mol. The first kappa shape index (κ1) is 24.2. The van der Waals surface area contributed by atoms with Gasteiger partial charge in [0.1, 0.15) is 5.75 Å². The first-order valence-electron chi connectivity index (χ1n) is 9.69. The van der Waals surface area contributed by atoms with Gasteiger partial charge in [0, 0.05) is 13.1 Å². The van der Waals surface area contributed by atoms with E-state index < -0.39 is 36.8 Å². The van der Waals surface area contributed by atoms with E-state index in [2.05, 4.69) is 10.1 Å². The summed E-state index contributed by atoms with van der Waals surface area (Å²) in [5.74, 6) is -2.15. The highest BCUT2D eigenvalue weighted by molar-refractivity contribution is 5.97. The second-order valence-corrected chi connectivity index (χ2v) is 6.86. The lowest BCUT2D eigenvalue weighted by Crippen LogP contribution is -2.37. The van der Waals surface area contributed by atoms with Crippen LogP contribution in [0.4, 0.5) is 33.3 Å². The quantitative estimate of drug-likeness (QED) is 0.484. The Balaban J connectivity index is 1.69. The Morgan fingerprint density at radius 1 is 1.09 bits per heavy atom. The van der Waals surface area contributed by atoms with Crippen LogP contribution in [0.25, 0.3) is 0 Å². The van der Waals surface area contributed by atoms with Gasteiger partial charge >= 0.3 is 18.8 Å². The lowest BCUT2D eigenvalue weighted by atomic mass is 10.1. The van der Waals surface area contributed by atoms with E-state index in [0.29, 0.717) is 32.0 Å². The molecule has 178 valence electrons. The Bertz CT molecular complexity index is 993. The van der Waals surface area contributed by atoms with Gasteiger partial charge < -0.3 is 24.4 Å². The normalized spacial score (nSPS) is 14.2. The van der Waals surface area contributed by atoms with Crippen molar-refractivity contribution in [3.05, 3.63) is 53.6 Å². The molecule has 2 aromatic carbocycles. The lowest BCUT2D eigenvalue weighted by molar-refractivity contribution is -0.137. The summed E-state index contributed by atoms with van der Waals surface area (Å²) in [4.78, 5) is 26.2. The van der Waals surface area contributed by atoms with Crippen molar-refractivity contribution in [1.82, 2.24) is 0 Å². The Morgan fingerprint density at radius 3 is 2.48 bits per heavy atom. The molecular weight excluding hydrogens is 455 g/mol.